The maximum absolute atomic E-state index is 13.0. The number of benzene rings is 2. The molecule has 4 rings (SSSR count). The zero-order valence-electron chi connectivity index (χ0n) is 31.8. The minimum Gasteiger partial charge on any atom is -0.481 e. The van der Waals surface area contributed by atoms with Crippen LogP contribution in [0.5, 0.6) is 0 Å². The molecule has 280 valence electrons. The number of hydrogen-bond acceptors (Lipinski definition) is 11. The molecule has 2 aromatic heterocycles. The van der Waals surface area contributed by atoms with E-state index in [-0.39, 0.29) is 18.0 Å². The van der Waals surface area contributed by atoms with E-state index in [0.717, 1.165) is 12.8 Å². The van der Waals surface area contributed by atoms with E-state index < -0.39 is 39.7 Å². The van der Waals surface area contributed by atoms with Gasteiger partial charge in [0.2, 0.25) is 28.1 Å². The highest BCUT2D eigenvalue weighted by Crippen LogP contribution is 2.35. The number of rotatable bonds is 14. The summed E-state index contributed by atoms with van der Waals surface area (Å²) in [4.78, 5) is 59.1. The van der Waals surface area contributed by atoms with Gasteiger partial charge in [0, 0.05) is 5.92 Å². The SMILES string of the molecule is CC(C)(C#CC(C)(C)C(=O)c1cccc2ooc12)C(=O)c1cccc2ooc12.CCCCC(CC(=O)O)C(C)(OOC(C)(C)C)OOC(C)(C)C. The lowest BCUT2D eigenvalue weighted by Gasteiger charge is -2.37. The van der Waals surface area contributed by atoms with Crippen molar-refractivity contribution in [1.29, 1.82) is 0 Å². The van der Waals surface area contributed by atoms with E-state index >= 15 is 0 Å². The zero-order chi connectivity index (χ0) is 38.4. The average Bonchev–Trinajstić information content (AvgIpc) is 3.00. The Balaban J connectivity index is 0.000000283. The summed E-state index contributed by atoms with van der Waals surface area (Å²) in [6.45, 7) is 21.6. The lowest BCUT2D eigenvalue weighted by Crippen LogP contribution is -2.45. The summed E-state index contributed by atoms with van der Waals surface area (Å²) in [6.07, 6.45) is 2.37. The summed E-state index contributed by atoms with van der Waals surface area (Å²) in [5, 5.41) is 9.21. The number of carboxylic acid groups (broad SMARTS) is 1. The van der Waals surface area contributed by atoms with E-state index in [1.165, 1.54) is 0 Å². The first-order valence-corrected chi connectivity index (χ1v) is 17.0. The van der Waals surface area contributed by atoms with Crippen LogP contribution in [0.2, 0.25) is 0 Å². The third-order valence-electron chi connectivity index (χ3n) is 7.68. The normalized spacial score (nSPS) is 13.4. The molecule has 1 N–H and O–H groups in total. The van der Waals surface area contributed by atoms with E-state index in [4.69, 9.17) is 37.9 Å². The second kappa shape index (κ2) is 16.0. The van der Waals surface area contributed by atoms with Crippen LogP contribution in [0.4, 0.5) is 0 Å². The summed E-state index contributed by atoms with van der Waals surface area (Å²) in [5.74, 6) is 2.94. The molecular formula is C39H52O12. The number of hydrogen-bond donors (Lipinski definition) is 1. The molecule has 1 atom stereocenters. The molecule has 0 aliphatic heterocycles. The van der Waals surface area contributed by atoms with Crippen LogP contribution in [0.3, 0.4) is 0 Å². The Bertz CT molecular complexity index is 1720. The van der Waals surface area contributed by atoms with Gasteiger partial charge < -0.3 is 5.11 Å². The zero-order valence-corrected chi connectivity index (χ0v) is 31.8. The molecule has 0 bridgehead atoms. The number of ketones is 2. The summed E-state index contributed by atoms with van der Waals surface area (Å²) in [7, 11) is 0. The molecule has 12 nitrogen and oxygen atoms in total. The maximum Gasteiger partial charge on any atom is 0.303 e. The number of carbonyl (C=O) groups is 3. The van der Waals surface area contributed by atoms with Crippen molar-refractivity contribution in [1.82, 2.24) is 0 Å². The van der Waals surface area contributed by atoms with Crippen molar-refractivity contribution in [3.63, 3.8) is 0 Å². The Kier molecular flexibility index (Phi) is 13.0. The Morgan fingerprint density at radius 2 is 1.08 bits per heavy atom. The minimum absolute atomic E-state index is 0.0858. The van der Waals surface area contributed by atoms with Crippen molar-refractivity contribution in [3.8, 4) is 11.8 Å². The third-order valence-corrected chi connectivity index (χ3v) is 7.68. The largest absolute Gasteiger partial charge is 0.481 e. The Morgan fingerprint density at radius 3 is 1.39 bits per heavy atom. The van der Waals surface area contributed by atoms with Gasteiger partial charge in [-0.1, -0.05) is 43.7 Å². The first-order valence-electron chi connectivity index (χ1n) is 17.0. The molecule has 0 radical (unpaired) electrons. The minimum atomic E-state index is -1.31. The lowest BCUT2D eigenvalue weighted by atomic mass is 9.80. The number of carboxylic acids is 1. The molecule has 0 saturated heterocycles. The highest BCUT2D eigenvalue weighted by Gasteiger charge is 2.42. The molecule has 0 fully saturated rings. The smallest absolute Gasteiger partial charge is 0.303 e. The second-order valence-corrected chi connectivity index (χ2v) is 15.8. The standard InChI is InChI=1S/C22H18O6.C17H34O6/c1-21(2,19(23)13-7-5-9-15-17(13)27-25-15)11-12-22(3,4)20(24)14-8-6-10-16-18(14)28-26-16;1-9-10-11-13(12-14(18)19)17(8,22-20-15(2,3)4)23-21-16(5,6)7/h5-10H,1-4H3;13H,9-12H2,1-8H3,(H,18,19). The van der Waals surface area contributed by atoms with Gasteiger partial charge in [-0.15, -0.1) is 0 Å². The van der Waals surface area contributed by atoms with Crippen LogP contribution in [0.1, 0.15) is 129 Å². The van der Waals surface area contributed by atoms with Gasteiger partial charge in [-0.3, -0.25) is 32.7 Å². The number of para-hydroxylation sites is 2. The second-order valence-electron chi connectivity index (χ2n) is 15.8. The molecule has 2 aromatic carbocycles. The molecule has 2 heterocycles. The highest BCUT2D eigenvalue weighted by atomic mass is 17.3. The van der Waals surface area contributed by atoms with Gasteiger partial charge in [0.1, 0.15) is 0 Å². The first kappa shape index (κ1) is 41.3. The van der Waals surface area contributed by atoms with E-state index in [9.17, 15) is 19.5 Å². The Labute approximate surface area is 298 Å². The number of Topliss-reactive ketones (excluding diaryl/α,β-unsaturated/α-hetero) is 2. The van der Waals surface area contributed by atoms with Crippen LogP contribution in [0, 0.1) is 28.6 Å². The molecule has 12 heteroatoms. The fraction of sp³-hybridized carbons (Fsp3) is 0.564. The van der Waals surface area contributed by atoms with Crippen LogP contribution in [-0.2, 0) is 24.3 Å². The lowest BCUT2D eigenvalue weighted by molar-refractivity contribution is -0.547. The average molecular weight is 713 g/mol. The summed E-state index contributed by atoms with van der Waals surface area (Å²) in [6, 6.07) is 10.2. The highest BCUT2D eigenvalue weighted by molar-refractivity contribution is 6.10. The van der Waals surface area contributed by atoms with E-state index in [1.54, 1.807) is 71.0 Å². The Morgan fingerprint density at radius 1 is 0.667 bits per heavy atom. The third kappa shape index (κ3) is 11.2. The van der Waals surface area contributed by atoms with Crippen molar-refractivity contribution in [2.75, 3.05) is 0 Å². The summed E-state index contributed by atoms with van der Waals surface area (Å²) >= 11 is 0. The van der Waals surface area contributed by atoms with Gasteiger partial charge in [-0.2, -0.15) is 9.78 Å². The topological polar surface area (TPSA) is 161 Å². The van der Waals surface area contributed by atoms with E-state index in [2.05, 4.69) is 11.8 Å². The van der Waals surface area contributed by atoms with Gasteiger partial charge in [-0.05, 0) is 107 Å². The molecule has 4 aromatic rings. The summed E-state index contributed by atoms with van der Waals surface area (Å²) in [5.41, 5.74) is -0.458. The molecule has 0 aliphatic rings. The molecule has 0 spiro atoms. The van der Waals surface area contributed by atoms with Crippen molar-refractivity contribution >= 4 is 39.9 Å². The fourth-order valence-electron chi connectivity index (χ4n) is 4.67. The number of carbonyl (C=O) groups excluding carboxylic acids is 2. The molecule has 51 heavy (non-hydrogen) atoms. The first-order chi connectivity index (χ1) is 23.5. The quantitative estimate of drug-likeness (QED) is 0.0434. The van der Waals surface area contributed by atoms with Gasteiger partial charge in [0.05, 0.1) is 39.6 Å². The van der Waals surface area contributed by atoms with Gasteiger partial charge in [0.15, 0.2) is 11.6 Å². The molecule has 0 saturated carbocycles. The van der Waals surface area contributed by atoms with Crippen molar-refractivity contribution in [3.05, 3.63) is 47.5 Å². The van der Waals surface area contributed by atoms with Crippen molar-refractivity contribution in [2.24, 2.45) is 16.7 Å². The molecular weight excluding hydrogens is 660 g/mol. The van der Waals surface area contributed by atoms with Crippen LogP contribution in [0.25, 0.3) is 22.3 Å². The van der Waals surface area contributed by atoms with Crippen LogP contribution in [0.15, 0.2) is 54.7 Å². The molecule has 0 aliphatic carbocycles. The maximum atomic E-state index is 13.0. The molecule has 0 amide bonds. The number of aliphatic carboxylic acids is 1. The van der Waals surface area contributed by atoms with Crippen LogP contribution < -0.4 is 0 Å². The van der Waals surface area contributed by atoms with Gasteiger partial charge in [0.25, 0.3) is 0 Å². The molecule has 1 unspecified atom stereocenters. The number of fused-ring (bicyclic) bond motifs is 2. The van der Waals surface area contributed by atoms with Gasteiger partial charge >= 0.3 is 5.97 Å². The fourth-order valence-corrected chi connectivity index (χ4v) is 4.67. The van der Waals surface area contributed by atoms with Crippen molar-refractivity contribution < 1.29 is 57.3 Å². The van der Waals surface area contributed by atoms with Crippen molar-refractivity contribution in [2.45, 2.75) is 126 Å². The Hall–Kier alpha value is -4.15. The number of unbranched alkanes of at least 4 members (excludes halogenated alkanes) is 1. The van der Waals surface area contributed by atoms with Gasteiger partial charge in [-0.25, -0.2) is 9.78 Å². The predicted molar refractivity (Wildman–Crippen MR) is 188 cm³/mol. The summed E-state index contributed by atoms with van der Waals surface area (Å²) < 4.78 is 19.6. The predicted octanol–water partition coefficient (Wildman–Crippen LogP) is 9.96. The van der Waals surface area contributed by atoms with Crippen LogP contribution >= 0.6 is 0 Å². The van der Waals surface area contributed by atoms with E-state index in [1.807, 2.05) is 48.5 Å². The van der Waals surface area contributed by atoms with E-state index in [0.29, 0.717) is 39.9 Å². The monoisotopic (exact) mass is 712 g/mol. The van der Waals surface area contributed by atoms with Crippen LogP contribution in [-0.4, -0.2) is 39.6 Å².